The molecule has 100 valence electrons. The van der Waals surface area contributed by atoms with Crippen molar-refractivity contribution >= 4 is 27.1 Å². The summed E-state index contributed by atoms with van der Waals surface area (Å²) in [5, 5.41) is 0. The molecule has 1 aliphatic heterocycles. The number of imidazole rings is 1. The van der Waals surface area contributed by atoms with Crippen LogP contribution in [0.5, 0.6) is 11.5 Å². The molecule has 0 unspecified atom stereocenters. The standard InChI is InChI=1S/C14H10BrN3O2/c15-13-10-6-9(16)3-4-18(10)14(17-13)8-1-2-11-12(5-8)20-7-19-11/h1-6H,7,16H2. The van der Waals surface area contributed by atoms with Gasteiger partial charge in [-0.1, -0.05) is 0 Å². The van der Waals surface area contributed by atoms with Crippen molar-refractivity contribution < 1.29 is 9.47 Å². The largest absolute Gasteiger partial charge is 0.454 e. The van der Waals surface area contributed by atoms with Gasteiger partial charge in [0.1, 0.15) is 10.4 Å². The Morgan fingerprint density at radius 1 is 1.15 bits per heavy atom. The number of ether oxygens (including phenoxy) is 2. The van der Waals surface area contributed by atoms with Gasteiger partial charge < -0.3 is 15.2 Å². The molecule has 1 aromatic carbocycles. The minimum Gasteiger partial charge on any atom is -0.454 e. The lowest BCUT2D eigenvalue weighted by Gasteiger charge is -2.03. The minimum absolute atomic E-state index is 0.265. The molecule has 0 saturated heterocycles. The highest BCUT2D eigenvalue weighted by molar-refractivity contribution is 9.10. The molecule has 5 nitrogen and oxygen atoms in total. The van der Waals surface area contributed by atoms with E-state index in [2.05, 4.69) is 20.9 Å². The van der Waals surface area contributed by atoms with Crippen LogP contribution in [0.2, 0.25) is 0 Å². The van der Waals surface area contributed by atoms with Crippen LogP contribution in [0, 0.1) is 0 Å². The number of aromatic nitrogens is 2. The Morgan fingerprint density at radius 3 is 2.90 bits per heavy atom. The molecule has 20 heavy (non-hydrogen) atoms. The Labute approximate surface area is 123 Å². The van der Waals surface area contributed by atoms with Gasteiger partial charge in [0.15, 0.2) is 11.5 Å². The summed E-state index contributed by atoms with van der Waals surface area (Å²) in [6, 6.07) is 9.51. The average Bonchev–Trinajstić information content (AvgIpc) is 3.03. The molecule has 0 spiro atoms. The molecule has 3 aromatic rings. The summed E-state index contributed by atoms with van der Waals surface area (Å²) in [7, 11) is 0. The summed E-state index contributed by atoms with van der Waals surface area (Å²) in [6.45, 7) is 0.265. The Balaban J connectivity index is 1.94. The van der Waals surface area contributed by atoms with Gasteiger partial charge in [0, 0.05) is 17.4 Å². The van der Waals surface area contributed by atoms with Gasteiger partial charge in [-0.05, 0) is 46.3 Å². The van der Waals surface area contributed by atoms with Crippen LogP contribution < -0.4 is 15.2 Å². The maximum atomic E-state index is 5.82. The van der Waals surface area contributed by atoms with Gasteiger partial charge in [-0.25, -0.2) is 4.98 Å². The van der Waals surface area contributed by atoms with E-state index in [4.69, 9.17) is 15.2 Å². The molecule has 0 bridgehead atoms. The number of anilines is 1. The van der Waals surface area contributed by atoms with Crippen LogP contribution >= 0.6 is 15.9 Å². The first kappa shape index (κ1) is 11.6. The summed E-state index contributed by atoms with van der Waals surface area (Å²) in [4.78, 5) is 4.55. The zero-order chi connectivity index (χ0) is 13.7. The van der Waals surface area contributed by atoms with Crippen molar-refractivity contribution in [1.82, 2.24) is 9.38 Å². The molecule has 0 fully saturated rings. The van der Waals surface area contributed by atoms with Crippen molar-refractivity contribution in [1.29, 1.82) is 0 Å². The highest BCUT2D eigenvalue weighted by atomic mass is 79.9. The molecule has 0 aliphatic carbocycles. The van der Waals surface area contributed by atoms with E-state index in [1.165, 1.54) is 0 Å². The Morgan fingerprint density at radius 2 is 2.00 bits per heavy atom. The molecule has 0 radical (unpaired) electrons. The molecule has 6 heteroatoms. The molecule has 4 rings (SSSR count). The lowest BCUT2D eigenvalue weighted by atomic mass is 10.2. The zero-order valence-electron chi connectivity index (χ0n) is 10.3. The molecule has 1 aliphatic rings. The zero-order valence-corrected chi connectivity index (χ0v) is 11.9. The highest BCUT2D eigenvalue weighted by Gasteiger charge is 2.17. The van der Waals surface area contributed by atoms with E-state index in [0.29, 0.717) is 5.69 Å². The fourth-order valence-corrected chi connectivity index (χ4v) is 2.78. The summed E-state index contributed by atoms with van der Waals surface area (Å²) >= 11 is 3.47. The van der Waals surface area contributed by atoms with Gasteiger partial charge in [-0.3, -0.25) is 4.40 Å². The van der Waals surface area contributed by atoms with E-state index >= 15 is 0 Å². The molecule has 0 amide bonds. The first-order valence-corrected chi connectivity index (χ1v) is 6.85. The normalized spacial score (nSPS) is 13.1. The first-order chi connectivity index (χ1) is 9.72. The van der Waals surface area contributed by atoms with Crippen LogP contribution in [0.1, 0.15) is 0 Å². The number of hydrogen-bond donors (Lipinski definition) is 1. The van der Waals surface area contributed by atoms with Crippen molar-refractivity contribution in [2.45, 2.75) is 0 Å². The highest BCUT2D eigenvalue weighted by Crippen LogP contribution is 2.36. The summed E-state index contributed by atoms with van der Waals surface area (Å²) in [6.07, 6.45) is 1.91. The number of hydrogen-bond acceptors (Lipinski definition) is 4. The Kier molecular flexibility index (Phi) is 2.40. The summed E-state index contributed by atoms with van der Waals surface area (Å²) in [5.74, 6) is 2.33. The van der Waals surface area contributed by atoms with E-state index in [1.54, 1.807) is 0 Å². The molecular weight excluding hydrogens is 322 g/mol. The van der Waals surface area contributed by atoms with Gasteiger partial charge >= 0.3 is 0 Å². The quantitative estimate of drug-likeness (QED) is 0.744. The van der Waals surface area contributed by atoms with E-state index < -0.39 is 0 Å². The van der Waals surface area contributed by atoms with E-state index in [1.807, 2.05) is 40.9 Å². The number of pyridine rings is 1. The number of nitrogens with zero attached hydrogens (tertiary/aromatic N) is 2. The molecule has 3 heterocycles. The van der Waals surface area contributed by atoms with Crippen LogP contribution in [0.4, 0.5) is 5.69 Å². The fourth-order valence-electron chi connectivity index (χ4n) is 2.30. The van der Waals surface area contributed by atoms with Crippen molar-refractivity contribution in [2.24, 2.45) is 0 Å². The number of nitrogens with two attached hydrogens (primary N) is 1. The van der Waals surface area contributed by atoms with Crippen LogP contribution in [-0.2, 0) is 0 Å². The Hall–Kier alpha value is -2.21. The van der Waals surface area contributed by atoms with Crippen LogP contribution in [-0.4, -0.2) is 16.2 Å². The van der Waals surface area contributed by atoms with Crippen molar-refractivity contribution in [2.75, 3.05) is 12.5 Å². The minimum atomic E-state index is 0.265. The lowest BCUT2D eigenvalue weighted by molar-refractivity contribution is 0.174. The molecule has 2 aromatic heterocycles. The van der Waals surface area contributed by atoms with E-state index in [0.717, 1.165) is 33.0 Å². The Bertz CT molecular complexity index is 829. The van der Waals surface area contributed by atoms with E-state index in [-0.39, 0.29) is 6.79 Å². The number of benzene rings is 1. The summed E-state index contributed by atoms with van der Waals surface area (Å²) < 4.78 is 13.5. The maximum Gasteiger partial charge on any atom is 0.231 e. The molecule has 0 saturated carbocycles. The van der Waals surface area contributed by atoms with Gasteiger partial charge in [0.2, 0.25) is 6.79 Å². The predicted octanol–water partition coefficient (Wildman–Crippen LogP) is 3.07. The second-order valence-electron chi connectivity index (χ2n) is 4.51. The van der Waals surface area contributed by atoms with Crippen molar-refractivity contribution in [3.63, 3.8) is 0 Å². The second kappa shape index (κ2) is 4.14. The van der Waals surface area contributed by atoms with Gasteiger partial charge in [-0.15, -0.1) is 0 Å². The molecule has 2 N–H and O–H groups in total. The third-order valence-corrected chi connectivity index (χ3v) is 3.84. The van der Waals surface area contributed by atoms with Crippen LogP contribution in [0.25, 0.3) is 16.9 Å². The fraction of sp³-hybridized carbons (Fsp3) is 0.0714. The third-order valence-electron chi connectivity index (χ3n) is 3.25. The van der Waals surface area contributed by atoms with Gasteiger partial charge in [-0.2, -0.15) is 0 Å². The average molecular weight is 332 g/mol. The predicted molar refractivity (Wildman–Crippen MR) is 78.9 cm³/mol. The smallest absolute Gasteiger partial charge is 0.231 e. The van der Waals surface area contributed by atoms with Crippen molar-refractivity contribution in [3.05, 3.63) is 41.1 Å². The maximum absolute atomic E-state index is 5.82. The lowest BCUT2D eigenvalue weighted by Crippen LogP contribution is -1.93. The molecular formula is C14H10BrN3O2. The number of nitrogen functional groups attached to an aromatic ring is 1. The number of fused-ring (bicyclic) bond motifs is 2. The van der Waals surface area contributed by atoms with E-state index in [9.17, 15) is 0 Å². The number of rotatable bonds is 1. The van der Waals surface area contributed by atoms with Crippen molar-refractivity contribution in [3.8, 4) is 22.9 Å². The van der Waals surface area contributed by atoms with Gasteiger partial charge in [0.25, 0.3) is 0 Å². The van der Waals surface area contributed by atoms with Crippen LogP contribution in [0.3, 0.4) is 0 Å². The van der Waals surface area contributed by atoms with Crippen LogP contribution in [0.15, 0.2) is 41.1 Å². The topological polar surface area (TPSA) is 61.8 Å². The second-order valence-corrected chi connectivity index (χ2v) is 5.26. The van der Waals surface area contributed by atoms with Gasteiger partial charge in [0.05, 0.1) is 5.52 Å². The molecule has 0 atom stereocenters. The summed E-state index contributed by atoms with van der Waals surface area (Å²) in [5.41, 5.74) is 8.41. The monoisotopic (exact) mass is 331 g/mol. The SMILES string of the molecule is Nc1ccn2c(-c3ccc4c(c3)OCO4)nc(Br)c2c1. The number of halogens is 1. The first-order valence-electron chi connectivity index (χ1n) is 6.05. The third kappa shape index (κ3) is 1.65.